The van der Waals surface area contributed by atoms with Crippen molar-refractivity contribution in [2.75, 3.05) is 26.2 Å². The van der Waals surface area contributed by atoms with Crippen molar-refractivity contribution >= 4 is 17.6 Å². The molecule has 1 aliphatic heterocycles. The van der Waals surface area contributed by atoms with E-state index in [-0.39, 0.29) is 36.3 Å². The van der Waals surface area contributed by atoms with Gasteiger partial charge in [0.15, 0.2) is 0 Å². The van der Waals surface area contributed by atoms with Gasteiger partial charge < -0.3 is 15.7 Å². The van der Waals surface area contributed by atoms with E-state index in [1.54, 1.807) is 12.1 Å². The van der Waals surface area contributed by atoms with Crippen LogP contribution in [-0.4, -0.2) is 48.3 Å². The number of rotatable bonds is 5. The zero-order chi connectivity index (χ0) is 16.1. The summed E-state index contributed by atoms with van der Waals surface area (Å²) in [7, 11) is 0. The average Bonchev–Trinajstić information content (AvgIpc) is 2.90. The molecule has 1 aliphatic rings. The molecule has 3 N–H and O–H groups in total. The number of carbonyl (C=O) groups is 1. The van der Waals surface area contributed by atoms with E-state index in [2.05, 4.69) is 15.5 Å². The van der Waals surface area contributed by atoms with Crippen LogP contribution >= 0.6 is 11.6 Å². The SMILES string of the molecule is CCN1CCC(NC(=O)NCCO)C1c1ccc(Cl)c(F)c1. The molecule has 1 aromatic rings. The maximum atomic E-state index is 13.7. The summed E-state index contributed by atoms with van der Waals surface area (Å²) in [5, 5.41) is 14.3. The fourth-order valence-electron chi connectivity index (χ4n) is 2.89. The minimum atomic E-state index is -0.453. The summed E-state index contributed by atoms with van der Waals surface area (Å²) in [6, 6.07) is 4.25. The standard InChI is InChI=1S/C15H21ClFN3O2/c1-2-20-7-5-13(19-15(22)18-6-8-21)14(20)10-3-4-11(16)12(17)9-10/h3-4,9,13-14,21H,2,5-8H2,1H3,(H2,18,19,22). The first-order valence-electron chi connectivity index (χ1n) is 7.41. The van der Waals surface area contributed by atoms with Crippen LogP contribution in [0.25, 0.3) is 0 Å². The third-order valence-corrected chi connectivity index (χ3v) is 4.21. The highest BCUT2D eigenvalue weighted by atomic mass is 35.5. The van der Waals surface area contributed by atoms with Gasteiger partial charge in [-0.25, -0.2) is 9.18 Å². The summed E-state index contributed by atoms with van der Waals surface area (Å²) in [6.45, 7) is 3.77. The fraction of sp³-hybridized carbons (Fsp3) is 0.533. The van der Waals surface area contributed by atoms with E-state index >= 15 is 0 Å². The molecule has 1 aromatic carbocycles. The number of hydrogen-bond acceptors (Lipinski definition) is 3. The maximum absolute atomic E-state index is 13.7. The van der Waals surface area contributed by atoms with Gasteiger partial charge in [0.1, 0.15) is 5.82 Å². The van der Waals surface area contributed by atoms with Gasteiger partial charge in [0.05, 0.1) is 23.7 Å². The van der Waals surface area contributed by atoms with Crippen molar-refractivity contribution in [3.05, 3.63) is 34.6 Å². The van der Waals surface area contributed by atoms with Gasteiger partial charge in [0.25, 0.3) is 0 Å². The van der Waals surface area contributed by atoms with Crippen LogP contribution in [-0.2, 0) is 0 Å². The molecular weight excluding hydrogens is 309 g/mol. The first-order valence-corrected chi connectivity index (χ1v) is 7.78. The van der Waals surface area contributed by atoms with Crippen LogP contribution in [0, 0.1) is 5.82 Å². The van der Waals surface area contributed by atoms with Crippen LogP contribution in [0.15, 0.2) is 18.2 Å². The van der Waals surface area contributed by atoms with E-state index in [1.807, 2.05) is 6.92 Å². The lowest BCUT2D eigenvalue weighted by Gasteiger charge is -2.28. The Morgan fingerprint density at radius 1 is 1.55 bits per heavy atom. The van der Waals surface area contributed by atoms with Crippen LogP contribution in [0.2, 0.25) is 5.02 Å². The second-order valence-electron chi connectivity index (χ2n) is 5.27. The monoisotopic (exact) mass is 329 g/mol. The molecule has 0 aromatic heterocycles. The molecule has 22 heavy (non-hydrogen) atoms. The van der Waals surface area contributed by atoms with Crippen molar-refractivity contribution in [3.63, 3.8) is 0 Å². The fourth-order valence-corrected chi connectivity index (χ4v) is 3.01. The minimum absolute atomic E-state index is 0.0864. The number of hydrogen-bond donors (Lipinski definition) is 3. The number of nitrogens with zero attached hydrogens (tertiary/aromatic N) is 1. The van der Waals surface area contributed by atoms with E-state index in [0.29, 0.717) is 0 Å². The number of benzene rings is 1. The molecule has 0 radical (unpaired) electrons. The predicted molar refractivity (Wildman–Crippen MR) is 83.4 cm³/mol. The Bertz CT molecular complexity index is 530. The number of aliphatic hydroxyl groups is 1. The predicted octanol–water partition coefficient (Wildman–Crippen LogP) is 1.91. The molecule has 0 bridgehead atoms. The minimum Gasteiger partial charge on any atom is -0.395 e. The van der Waals surface area contributed by atoms with Crippen LogP contribution in [0.1, 0.15) is 24.9 Å². The summed E-state index contributed by atoms with van der Waals surface area (Å²) in [5.41, 5.74) is 0.800. The Morgan fingerprint density at radius 3 is 2.95 bits per heavy atom. The number of nitrogens with one attached hydrogen (secondary N) is 2. The summed E-state index contributed by atoms with van der Waals surface area (Å²) in [5.74, 6) is -0.453. The van der Waals surface area contributed by atoms with Crippen LogP contribution in [0.4, 0.5) is 9.18 Å². The first kappa shape index (κ1) is 17.0. The lowest BCUT2D eigenvalue weighted by atomic mass is 10.00. The molecule has 7 heteroatoms. The molecule has 2 amide bonds. The van der Waals surface area contributed by atoms with Crippen molar-refractivity contribution in [1.82, 2.24) is 15.5 Å². The molecule has 2 unspecified atom stereocenters. The molecule has 122 valence electrons. The Labute approximate surface area is 134 Å². The summed E-state index contributed by atoms with van der Waals surface area (Å²) in [4.78, 5) is 14.0. The average molecular weight is 330 g/mol. The molecule has 1 fully saturated rings. The quantitative estimate of drug-likeness (QED) is 0.773. The second kappa shape index (κ2) is 7.76. The lowest BCUT2D eigenvalue weighted by molar-refractivity contribution is 0.219. The van der Waals surface area contributed by atoms with Crippen LogP contribution in [0.3, 0.4) is 0 Å². The molecule has 1 saturated heterocycles. The number of halogens is 2. The maximum Gasteiger partial charge on any atom is 0.315 e. The second-order valence-corrected chi connectivity index (χ2v) is 5.67. The topological polar surface area (TPSA) is 64.6 Å². The number of amides is 2. The molecule has 2 atom stereocenters. The number of aliphatic hydroxyl groups excluding tert-OH is 1. The molecule has 2 rings (SSSR count). The lowest BCUT2D eigenvalue weighted by Crippen LogP contribution is -2.45. The Morgan fingerprint density at radius 2 is 2.32 bits per heavy atom. The van der Waals surface area contributed by atoms with Crippen molar-refractivity contribution in [1.29, 1.82) is 0 Å². The molecule has 0 aliphatic carbocycles. The van der Waals surface area contributed by atoms with Crippen molar-refractivity contribution in [2.45, 2.75) is 25.4 Å². The van der Waals surface area contributed by atoms with Gasteiger partial charge in [-0.2, -0.15) is 0 Å². The van der Waals surface area contributed by atoms with Gasteiger partial charge in [0.2, 0.25) is 0 Å². The highest BCUT2D eigenvalue weighted by molar-refractivity contribution is 6.30. The zero-order valence-corrected chi connectivity index (χ0v) is 13.2. The van der Waals surface area contributed by atoms with Gasteiger partial charge in [-0.1, -0.05) is 24.6 Å². The van der Waals surface area contributed by atoms with E-state index in [9.17, 15) is 9.18 Å². The van der Waals surface area contributed by atoms with E-state index in [1.165, 1.54) is 6.07 Å². The van der Waals surface area contributed by atoms with Gasteiger partial charge in [0, 0.05) is 13.1 Å². The zero-order valence-electron chi connectivity index (χ0n) is 12.5. The highest BCUT2D eigenvalue weighted by Gasteiger charge is 2.35. The van der Waals surface area contributed by atoms with Gasteiger partial charge >= 0.3 is 6.03 Å². The van der Waals surface area contributed by atoms with E-state index < -0.39 is 5.82 Å². The Hall–Kier alpha value is -1.37. The van der Waals surface area contributed by atoms with Crippen molar-refractivity contribution in [2.24, 2.45) is 0 Å². The van der Waals surface area contributed by atoms with Crippen LogP contribution < -0.4 is 10.6 Å². The molecular formula is C15H21ClFN3O2. The molecule has 0 spiro atoms. The molecule has 1 heterocycles. The summed E-state index contributed by atoms with van der Waals surface area (Å²) in [6.07, 6.45) is 0.787. The van der Waals surface area contributed by atoms with Crippen molar-refractivity contribution < 1.29 is 14.3 Å². The number of likely N-dealkylation sites (tertiary alicyclic amines) is 1. The van der Waals surface area contributed by atoms with Gasteiger partial charge in [-0.3, -0.25) is 4.90 Å². The van der Waals surface area contributed by atoms with E-state index in [0.717, 1.165) is 25.1 Å². The Kier molecular flexibility index (Phi) is 5.99. The molecule has 5 nitrogen and oxygen atoms in total. The first-order chi connectivity index (χ1) is 10.6. The number of likely N-dealkylation sites (N-methyl/N-ethyl adjacent to an activating group) is 1. The van der Waals surface area contributed by atoms with Crippen molar-refractivity contribution in [3.8, 4) is 0 Å². The largest absolute Gasteiger partial charge is 0.395 e. The summed E-state index contributed by atoms with van der Waals surface area (Å²) < 4.78 is 13.7. The Balaban J connectivity index is 2.15. The highest BCUT2D eigenvalue weighted by Crippen LogP contribution is 2.33. The smallest absolute Gasteiger partial charge is 0.315 e. The van der Waals surface area contributed by atoms with E-state index in [4.69, 9.17) is 16.7 Å². The normalized spacial score (nSPS) is 21.8. The van der Waals surface area contributed by atoms with Crippen LogP contribution in [0.5, 0.6) is 0 Å². The summed E-state index contributed by atoms with van der Waals surface area (Å²) >= 11 is 5.74. The third-order valence-electron chi connectivity index (χ3n) is 3.91. The third kappa shape index (κ3) is 3.88. The van der Waals surface area contributed by atoms with Gasteiger partial charge in [-0.15, -0.1) is 0 Å². The number of urea groups is 1. The van der Waals surface area contributed by atoms with Gasteiger partial charge in [-0.05, 0) is 30.7 Å². The molecule has 0 saturated carbocycles. The number of carbonyl (C=O) groups excluding carboxylic acids is 1.